The fraction of sp³-hybridized carbons (Fsp3) is 0.562. The summed E-state index contributed by atoms with van der Waals surface area (Å²) in [6, 6.07) is 7.44. The van der Waals surface area contributed by atoms with Crippen molar-refractivity contribution in [3.8, 4) is 0 Å². The standard InChI is InChI=1S/C16H23BO5/c1-15(2)16(3,4)22-17(21-15)12-9-7-8-11(10-12)13(19-5)14(18)20-6/h7-10,13H,1-6H3. The first-order chi connectivity index (χ1) is 10.2. The van der Waals surface area contributed by atoms with E-state index in [2.05, 4.69) is 0 Å². The Morgan fingerprint density at radius 2 is 1.73 bits per heavy atom. The van der Waals surface area contributed by atoms with Crippen molar-refractivity contribution in [2.24, 2.45) is 0 Å². The van der Waals surface area contributed by atoms with E-state index in [0.717, 1.165) is 5.46 Å². The molecule has 1 aromatic carbocycles. The van der Waals surface area contributed by atoms with Crippen LogP contribution in [-0.2, 0) is 23.6 Å². The van der Waals surface area contributed by atoms with Gasteiger partial charge in [0.05, 0.1) is 18.3 Å². The molecule has 2 rings (SSSR count). The van der Waals surface area contributed by atoms with Crippen LogP contribution < -0.4 is 5.46 Å². The molecule has 1 saturated heterocycles. The van der Waals surface area contributed by atoms with Crippen molar-refractivity contribution in [2.75, 3.05) is 14.2 Å². The summed E-state index contributed by atoms with van der Waals surface area (Å²) in [6.45, 7) is 8.01. The average molecular weight is 306 g/mol. The van der Waals surface area contributed by atoms with Crippen molar-refractivity contribution < 1.29 is 23.6 Å². The lowest BCUT2D eigenvalue weighted by Gasteiger charge is -2.32. The molecule has 1 fully saturated rings. The van der Waals surface area contributed by atoms with Crippen LogP contribution in [0.15, 0.2) is 24.3 Å². The topological polar surface area (TPSA) is 54.0 Å². The smallest absolute Gasteiger partial charge is 0.467 e. The van der Waals surface area contributed by atoms with E-state index in [1.165, 1.54) is 14.2 Å². The molecule has 0 spiro atoms. The first-order valence-electron chi connectivity index (χ1n) is 7.28. The maximum atomic E-state index is 11.8. The molecule has 0 aromatic heterocycles. The number of esters is 1. The highest BCUT2D eigenvalue weighted by molar-refractivity contribution is 6.62. The number of methoxy groups -OCH3 is 2. The van der Waals surface area contributed by atoms with E-state index in [1.807, 2.05) is 52.0 Å². The Hall–Kier alpha value is -1.37. The number of ether oxygens (including phenoxy) is 2. The summed E-state index contributed by atoms with van der Waals surface area (Å²) >= 11 is 0. The second kappa shape index (κ2) is 6.03. The Morgan fingerprint density at radius 1 is 1.14 bits per heavy atom. The summed E-state index contributed by atoms with van der Waals surface area (Å²) < 4.78 is 22.0. The van der Waals surface area contributed by atoms with Gasteiger partial charge in [-0.15, -0.1) is 0 Å². The molecular formula is C16H23BO5. The monoisotopic (exact) mass is 306 g/mol. The lowest BCUT2D eigenvalue weighted by Crippen LogP contribution is -2.41. The van der Waals surface area contributed by atoms with Gasteiger partial charge in [0, 0.05) is 7.11 Å². The molecule has 0 saturated carbocycles. The van der Waals surface area contributed by atoms with Crippen LogP contribution in [0.3, 0.4) is 0 Å². The van der Waals surface area contributed by atoms with Gasteiger partial charge >= 0.3 is 13.1 Å². The summed E-state index contributed by atoms with van der Waals surface area (Å²) in [5.41, 5.74) is 0.747. The van der Waals surface area contributed by atoms with Gasteiger partial charge in [-0.25, -0.2) is 4.79 Å². The Balaban J connectivity index is 2.28. The molecule has 1 aromatic rings. The van der Waals surface area contributed by atoms with E-state index in [9.17, 15) is 4.79 Å². The van der Waals surface area contributed by atoms with Crippen LogP contribution in [0.5, 0.6) is 0 Å². The molecule has 0 bridgehead atoms. The van der Waals surface area contributed by atoms with Gasteiger partial charge in [0.1, 0.15) is 0 Å². The molecule has 0 N–H and O–H groups in total. The summed E-state index contributed by atoms with van der Waals surface area (Å²) in [7, 11) is 2.34. The number of rotatable bonds is 4. The second-order valence-electron chi connectivity index (χ2n) is 6.40. The fourth-order valence-corrected chi connectivity index (χ4v) is 2.32. The fourth-order valence-electron chi connectivity index (χ4n) is 2.32. The molecule has 0 amide bonds. The lowest BCUT2D eigenvalue weighted by molar-refractivity contribution is -0.152. The Kier molecular flexibility index (Phi) is 4.66. The predicted octanol–water partition coefficient (Wildman–Crippen LogP) is 1.85. The molecule has 0 aliphatic carbocycles. The highest BCUT2D eigenvalue weighted by Crippen LogP contribution is 2.36. The van der Waals surface area contributed by atoms with Crippen LogP contribution in [-0.4, -0.2) is 38.5 Å². The molecule has 6 heteroatoms. The number of hydrogen-bond donors (Lipinski definition) is 0. The highest BCUT2D eigenvalue weighted by atomic mass is 16.7. The Morgan fingerprint density at radius 3 is 2.23 bits per heavy atom. The Labute approximate surface area is 132 Å². The summed E-state index contributed by atoms with van der Waals surface area (Å²) in [6.07, 6.45) is -0.757. The molecule has 1 unspecified atom stereocenters. The van der Waals surface area contributed by atoms with Crippen molar-refractivity contribution in [1.82, 2.24) is 0 Å². The minimum Gasteiger partial charge on any atom is -0.467 e. The van der Waals surface area contributed by atoms with Crippen LogP contribution >= 0.6 is 0 Å². The maximum absolute atomic E-state index is 11.8. The number of hydrogen-bond acceptors (Lipinski definition) is 5. The molecule has 22 heavy (non-hydrogen) atoms. The van der Waals surface area contributed by atoms with Gasteiger partial charge in [-0.2, -0.15) is 0 Å². The van der Waals surface area contributed by atoms with Crippen molar-refractivity contribution in [3.63, 3.8) is 0 Å². The summed E-state index contributed by atoms with van der Waals surface area (Å²) in [5, 5.41) is 0. The van der Waals surface area contributed by atoms with Gasteiger partial charge in [0.25, 0.3) is 0 Å². The van der Waals surface area contributed by atoms with Crippen molar-refractivity contribution in [2.45, 2.75) is 45.0 Å². The van der Waals surface area contributed by atoms with Gasteiger partial charge < -0.3 is 18.8 Å². The zero-order chi connectivity index (χ0) is 16.5. The van der Waals surface area contributed by atoms with Crippen molar-refractivity contribution in [1.29, 1.82) is 0 Å². The first-order valence-corrected chi connectivity index (χ1v) is 7.28. The van der Waals surface area contributed by atoms with E-state index in [-0.39, 0.29) is 0 Å². The number of carbonyl (C=O) groups is 1. The highest BCUT2D eigenvalue weighted by Gasteiger charge is 2.51. The van der Waals surface area contributed by atoms with Crippen LogP contribution in [0.1, 0.15) is 39.4 Å². The van der Waals surface area contributed by atoms with E-state index in [0.29, 0.717) is 5.56 Å². The molecule has 1 aliphatic rings. The molecule has 0 radical (unpaired) electrons. The SMILES string of the molecule is COC(=O)C(OC)c1cccc(B2OC(C)(C)C(C)(C)O2)c1. The van der Waals surface area contributed by atoms with Crippen LogP contribution in [0, 0.1) is 0 Å². The summed E-state index contributed by atoms with van der Waals surface area (Å²) in [4.78, 5) is 11.8. The molecular weight excluding hydrogens is 283 g/mol. The van der Waals surface area contributed by atoms with Crippen LogP contribution in [0.2, 0.25) is 0 Å². The Bertz CT molecular complexity index is 539. The van der Waals surface area contributed by atoms with E-state index in [1.54, 1.807) is 0 Å². The largest absolute Gasteiger partial charge is 0.494 e. The third-order valence-corrected chi connectivity index (χ3v) is 4.39. The molecule has 1 aliphatic heterocycles. The van der Waals surface area contributed by atoms with E-state index in [4.69, 9.17) is 18.8 Å². The van der Waals surface area contributed by atoms with E-state index < -0.39 is 30.4 Å². The third kappa shape index (κ3) is 3.04. The maximum Gasteiger partial charge on any atom is 0.494 e. The quantitative estimate of drug-likeness (QED) is 0.627. The van der Waals surface area contributed by atoms with Crippen LogP contribution in [0.25, 0.3) is 0 Å². The van der Waals surface area contributed by atoms with Gasteiger partial charge in [0.15, 0.2) is 6.10 Å². The van der Waals surface area contributed by atoms with Crippen molar-refractivity contribution in [3.05, 3.63) is 29.8 Å². The third-order valence-electron chi connectivity index (χ3n) is 4.39. The number of benzene rings is 1. The lowest BCUT2D eigenvalue weighted by atomic mass is 9.78. The molecule has 1 heterocycles. The zero-order valence-corrected chi connectivity index (χ0v) is 14.0. The van der Waals surface area contributed by atoms with Gasteiger partial charge in [-0.05, 0) is 38.7 Å². The van der Waals surface area contributed by atoms with Crippen molar-refractivity contribution >= 4 is 18.6 Å². The average Bonchev–Trinajstić information content (AvgIpc) is 2.68. The minimum atomic E-state index is -0.757. The molecule has 5 nitrogen and oxygen atoms in total. The zero-order valence-electron chi connectivity index (χ0n) is 14.0. The normalized spacial score (nSPS) is 20.7. The predicted molar refractivity (Wildman–Crippen MR) is 83.9 cm³/mol. The summed E-state index contributed by atoms with van der Waals surface area (Å²) in [5.74, 6) is -0.437. The van der Waals surface area contributed by atoms with Gasteiger partial charge in [0.2, 0.25) is 0 Å². The van der Waals surface area contributed by atoms with Crippen LogP contribution in [0.4, 0.5) is 0 Å². The minimum absolute atomic E-state index is 0.406. The van der Waals surface area contributed by atoms with Gasteiger partial charge in [-0.1, -0.05) is 24.3 Å². The first kappa shape index (κ1) is 17.0. The number of carbonyl (C=O) groups excluding carboxylic acids is 1. The van der Waals surface area contributed by atoms with Gasteiger partial charge in [-0.3, -0.25) is 0 Å². The second-order valence-corrected chi connectivity index (χ2v) is 6.40. The van der Waals surface area contributed by atoms with E-state index >= 15 is 0 Å². The molecule has 120 valence electrons. The molecule has 1 atom stereocenters.